The zero-order chi connectivity index (χ0) is 14.5. The summed E-state index contributed by atoms with van der Waals surface area (Å²) in [5.41, 5.74) is 2.35. The topological polar surface area (TPSA) is 37.3 Å². The average Bonchev–Trinajstić information content (AvgIpc) is 2.48. The van der Waals surface area contributed by atoms with Crippen molar-refractivity contribution in [1.29, 1.82) is 0 Å². The van der Waals surface area contributed by atoms with Crippen molar-refractivity contribution in [3.8, 4) is 5.75 Å². The molecule has 0 atom stereocenters. The average molecular weight is 264 g/mol. The number of aldehydes is 1. The first-order valence-corrected chi connectivity index (χ1v) is 6.38. The number of fused-ring (bicyclic) bond motifs is 1. The van der Waals surface area contributed by atoms with E-state index < -0.39 is 0 Å². The SMILES string of the molecule is C=C/C(=C\C=C/C)c1ccc2c(C=O)c(O)ccc2c1. The maximum absolute atomic E-state index is 11.1. The van der Waals surface area contributed by atoms with Crippen LogP contribution >= 0.6 is 0 Å². The molecule has 0 unspecified atom stereocenters. The summed E-state index contributed by atoms with van der Waals surface area (Å²) in [6, 6.07) is 9.10. The van der Waals surface area contributed by atoms with E-state index in [0.29, 0.717) is 11.8 Å². The van der Waals surface area contributed by atoms with Crippen LogP contribution in [0.4, 0.5) is 0 Å². The van der Waals surface area contributed by atoms with Gasteiger partial charge < -0.3 is 5.11 Å². The number of hydrogen-bond donors (Lipinski definition) is 1. The van der Waals surface area contributed by atoms with E-state index in [1.807, 2.05) is 43.4 Å². The minimum absolute atomic E-state index is 0.00801. The van der Waals surface area contributed by atoms with Crippen LogP contribution in [0.2, 0.25) is 0 Å². The Labute approximate surface area is 118 Å². The first kappa shape index (κ1) is 13.8. The molecule has 0 bridgehead atoms. The Morgan fingerprint density at radius 3 is 2.70 bits per heavy atom. The highest BCUT2D eigenvalue weighted by atomic mass is 16.3. The lowest BCUT2D eigenvalue weighted by Crippen LogP contribution is -1.87. The molecular formula is C18H16O2. The van der Waals surface area contributed by atoms with Gasteiger partial charge in [0.25, 0.3) is 0 Å². The molecule has 2 rings (SSSR count). The molecule has 0 heterocycles. The highest BCUT2D eigenvalue weighted by molar-refractivity contribution is 6.01. The van der Waals surface area contributed by atoms with Crippen molar-refractivity contribution in [3.63, 3.8) is 0 Å². The van der Waals surface area contributed by atoms with E-state index in [4.69, 9.17) is 0 Å². The zero-order valence-electron chi connectivity index (χ0n) is 11.3. The van der Waals surface area contributed by atoms with Crippen LogP contribution in [-0.4, -0.2) is 11.4 Å². The molecule has 0 radical (unpaired) electrons. The van der Waals surface area contributed by atoms with Gasteiger partial charge in [0.2, 0.25) is 0 Å². The maximum Gasteiger partial charge on any atom is 0.154 e. The van der Waals surface area contributed by atoms with E-state index in [1.165, 1.54) is 0 Å². The molecule has 2 aromatic rings. The molecule has 0 saturated carbocycles. The number of carbonyl (C=O) groups excluding carboxylic acids is 1. The number of aromatic hydroxyl groups is 1. The Bertz CT molecular complexity index is 722. The van der Waals surface area contributed by atoms with Gasteiger partial charge in [-0.3, -0.25) is 4.79 Å². The van der Waals surface area contributed by atoms with Crippen molar-refractivity contribution < 1.29 is 9.90 Å². The minimum atomic E-state index is 0.00801. The fourth-order valence-electron chi connectivity index (χ4n) is 2.13. The number of phenolic OH excluding ortho intramolecular Hbond substituents is 1. The van der Waals surface area contributed by atoms with Gasteiger partial charge >= 0.3 is 0 Å². The molecule has 0 fully saturated rings. The van der Waals surface area contributed by atoms with E-state index in [-0.39, 0.29) is 5.75 Å². The van der Waals surface area contributed by atoms with Gasteiger partial charge in [0.1, 0.15) is 5.75 Å². The first-order valence-electron chi connectivity index (χ1n) is 6.38. The van der Waals surface area contributed by atoms with Gasteiger partial charge in [-0.05, 0) is 41.0 Å². The summed E-state index contributed by atoms with van der Waals surface area (Å²) in [6.07, 6.45) is 8.36. The molecule has 2 aromatic carbocycles. The van der Waals surface area contributed by atoms with Gasteiger partial charge in [0.15, 0.2) is 6.29 Å². The molecular weight excluding hydrogens is 248 g/mol. The quantitative estimate of drug-likeness (QED) is 0.652. The number of phenols is 1. The summed E-state index contributed by atoms with van der Waals surface area (Å²) < 4.78 is 0. The lowest BCUT2D eigenvalue weighted by Gasteiger charge is -2.07. The predicted molar refractivity (Wildman–Crippen MR) is 84.0 cm³/mol. The van der Waals surface area contributed by atoms with Gasteiger partial charge in [-0.25, -0.2) is 0 Å². The zero-order valence-corrected chi connectivity index (χ0v) is 11.3. The second-order valence-electron chi connectivity index (χ2n) is 4.40. The number of allylic oxidation sites excluding steroid dienone is 5. The van der Waals surface area contributed by atoms with Gasteiger partial charge in [-0.2, -0.15) is 0 Å². The molecule has 20 heavy (non-hydrogen) atoms. The van der Waals surface area contributed by atoms with Crippen LogP contribution in [0, 0.1) is 0 Å². The molecule has 0 spiro atoms. The molecule has 1 N–H and O–H groups in total. The Hall–Kier alpha value is -2.61. The van der Waals surface area contributed by atoms with Crippen LogP contribution in [0.5, 0.6) is 5.75 Å². The first-order chi connectivity index (χ1) is 9.71. The Kier molecular flexibility index (Phi) is 4.16. The molecule has 0 amide bonds. The summed E-state index contributed by atoms with van der Waals surface area (Å²) in [4.78, 5) is 11.1. The molecule has 0 aliphatic rings. The monoisotopic (exact) mass is 264 g/mol. The highest BCUT2D eigenvalue weighted by Crippen LogP contribution is 2.28. The smallest absolute Gasteiger partial charge is 0.154 e. The third-order valence-electron chi connectivity index (χ3n) is 3.18. The normalized spacial score (nSPS) is 11.9. The summed E-state index contributed by atoms with van der Waals surface area (Å²) in [5.74, 6) is 0.00801. The van der Waals surface area contributed by atoms with E-state index >= 15 is 0 Å². The van der Waals surface area contributed by atoms with E-state index in [0.717, 1.165) is 21.9 Å². The largest absolute Gasteiger partial charge is 0.507 e. The van der Waals surface area contributed by atoms with Crippen molar-refractivity contribution >= 4 is 22.6 Å². The summed E-state index contributed by atoms with van der Waals surface area (Å²) in [7, 11) is 0. The lowest BCUT2D eigenvalue weighted by molar-refractivity contribution is 0.112. The van der Waals surface area contributed by atoms with Crippen LogP contribution in [0.15, 0.2) is 61.2 Å². The van der Waals surface area contributed by atoms with Crippen molar-refractivity contribution in [3.05, 3.63) is 72.3 Å². The Balaban J connectivity index is 2.63. The molecule has 2 heteroatoms. The number of rotatable bonds is 4. The van der Waals surface area contributed by atoms with Crippen molar-refractivity contribution in [2.45, 2.75) is 6.92 Å². The van der Waals surface area contributed by atoms with E-state index in [2.05, 4.69) is 6.58 Å². The third kappa shape index (κ3) is 2.54. The fourth-order valence-corrected chi connectivity index (χ4v) is 2.13. The van der Waals surface area contributed by atoms with E-state index in [9.17, 15) is 9.90 Å². The lowest BCUT2D eigenvalue weighted by atomic mass is 9.98. The summed E-state index contributed by atoms with van der Waals surface area (Å²) in [5, 5.41) is 11.3. The van der Waals surface area contributed by atoms with E-state index in [1.54, 1.807) is 18.2 Å². The summed E-state index contributed by atoms with van der Waals surface area (Å²) in [6.45, 7) is 5.77. The van der Waals surface area contributed by atoms with Gasteiger partial charge in [0.05, 0.1) is 5.56 Å². The van der Waals surface area contributed by atoms with Crippen molar-refractivity contribution in [2.24, 2.45) is 0 Å². The highest BCUT2D eigenvalue weighted by Gasteiger charge is 2.07. The second kappa shape index (κ2) is 6.02. The molecule has 0 aliphatic carbocycles. The number of hydrogen-bond acceptors (Lipinski definition) is 2. The molecule has 0 aromatic heterocycles. The standard InChI is InChI=1S/C18H16O2/c1-3-5-6-13(4-2)14-7-9-16-15(11-14)8-10-18(20)17(16)12-19/h3-12,20H,2H2,1H3/b5-3-,13-6+. The maximum atomic E-state index is 11.1. The number of benzene rings is 2. The molecule has 2 nitrogen and oxygen atoms in total. The van der Waals surface area contributed by atoms with Gasteiger partial charge in [-0.15, -0.1) is 0 Å². The minimum Gasteiger partial charge on any atom is -0.507 e. The molecule has 0 saturated heterocycles. The Morgan fingerprint density at radius 2 is 2.05 bits per heavy atom. The fraction of sp³-hybridized carbons (Fsp3) is 0.0556. The van der Waals surface area contributed by atoms with Crippen molar-refractivity contribution in [2.75, 3.05) is 0 Å². The van der Waals surface area contributed by atoms with Gasteiger partial charge in [0, 0.05) is 0 Å². The Morgan fingerprint density at radius 1 is 1.25 bits per heavy atom. The van der Waals surface area contributed by atoms with Crippen LogP contribution < -0.4 is 0 Å². The summed E-state index contributed by atoms with van der Waals surface area (Å²) >= 11 is 0. The van der Waals surface area contributed by atoms with Crippen LogP contribution in [0.25, 0.3) is 16.3 Å². The third-order valence-corrected chi connectivity index (χ3v) is 3.18. The predicted octanol–water partition coefficient (Wildman–Crippen LogP) is 4.50. The van der Waals surface area contributed by atoms with Crippen molar-refractivity contribution in [1.82, 2.24) is 0 Å². The van der Waals surface area contributed by atoms with Gasteiger partial charge in [-0.1, -0.05) is 49.1 Å². The van der Waals surface area contributed by atoms with Crippen LogP contribution in [0.1, 0.15) is 22.8 Å². The molecule has 100 valence electrons. The molecule has 0 aliphatic heterocycles. The van der Waals surface area contributed by atoms with Crippen LogP contribution in [0.3, 0.4) is 0 Å². The second-order valence-corrected chi connectivity index (χ2v) is 4.40. The van der Waals surface area contributed by atoms with Crippen LogP contribution in [-0.2, 0) is 0 Å². The number of carbonyl (C=O) groups is 1.